The number of rotatable bonds is 2. The maximum atomic E-state index is 11.9. The lowest BCUT2D eigenvalue weighted by Gasteiger charge is -2.34. The second kappa shape index (κ2) is 4.65. The van der Waals surface area contributed by atoms with Gasteiger partial charge in [0.15, 0.2) is 0 Å². The zero-order valence-corrected chi connectivity index (χ0v) is 9.11. The molecule has 2 aliphatic rings. The number of piperidine rings is 1. The van der Waals surface area contributed by atoms with Crippen molar-refractivity contribution in [1.29, 1.82) is 5.26 Å². The number of nitriles is 1. The summed E-state index contributed by atoms with van der Waals surface area (Å²) in [6.07, 6.45) is 7.39. The normalized spacial score (nSPS) is 26.9. The second-order valence-electron chi connectivity index (χ2n) is 4.73. The fourth-order valence-corrected chi connectivity index (χ4v) is 2.43. The Balaban J connectivity index is 1.89. The van der Waals surface area contributed by atoms with E-state index >= 15 is 0 Å². The minimum absolute atomic E-state index is 0.147. The molecule has 2 fully saturated rings. The highest BCUT2D eigenvalue weighted by Gasteiger charge is 2.29. The van der Waals surface area contributed by atoms with Gasteiger partial charge in [0.25, 0.3) is 0 Å². The van der Waals surface area contributed by atoms with Gasteiger partial charge in [-0.3, -0.25) is 4.79 Å². The van der Waals surface area contributed by atoms with E-state index in [1.54, 1.807) is 0 Å². The van der Waals surface area contributed by atoms with Crippen LogP contribution in [0.4, 0.5) is 0 Å². The van der Waals surface area contributed by atoms with E-state index < -0.39 is 0 Å². The third-order valence-electron chi connectivity index (χ3n) is 3.66. The molecule has 0 aromatic carbocycles. The SMILES string of the molecule is N#CC1CCCCN1C(=O)CC1CCC1. The van der Waals surface area contributed by atoms with Crippen LogP contribution in [0.2, 0.25) is 0 Å². The van der Waals surface area contributed by atoms with Gasteiger partial charge in [-0.05, 0) is 38.0 Å². The van der Waals surface area contributed by atoms with Gasteiger partial charge in [0.1, 0.15) is 6.04 Å². The number of likely N-dealkylation sites (tertiary alicyclic amines) is 1. The monoisotopic (exact) mass is 206 g/mol. The molecule has 0 N–H and O–H groups in total. The van der Waals surface area contributed by atoms with Gasteiger partial charge < -0.3 is 4.90 Å². The van der Waals surface area contributed by atoms with E-state index in [4.69, 9.17) is 5.26 Å². The smallest absolute Gasteiger partial charge is 0.223 e. The Labute approximate surface area is 91.1 Å². The molecule has 1 saturated heterocycles. The van der Waals surface area contributed by atoms with E-state index in [1.165, 1.54) is 19.3 Å². The van der Waals surface area contributed by atoms with E-state index in [9.17, 15) is 4.79 Å². The summed E-state index contributed by atoms with van der Waals surface area (Å²) >= 11 is 0. The van der Waals surface area contributed by atoms with Crippen LogP contribution in [0, 0.1) is 17.2 Å². The first kappa shape index (κ1) is 10.5. The Kier molecular flexibility index (Phi) is 3.25. The maximum absolute atomic E-state index is 11.9. The Hall–Kier alpha value is -1.04. The molecule has 1 atom stereocenters. The lowest BCUT2D eigenvalue weighted by Crippen LogP contribution is -2.43. The summed E-state index contributed by atoms with van der Waals surface area (Å²) in [6, 6.07) is 2.10. The zero-order chi connectivity index (χ0) is 10.7. The van der Waals surface area contributed by atoms with Crippen molar-refractivity contribution in [2.45, 2.75) is 51.0 Å². The van der Waals surface area contributed by atoms with Crippen LogP contribution in [0.1, 0.15) is 44.9 Å². The Morgan fingerprint density at radius 2 is 2.07 bits per heavy atom. The van der Waals surface area contributed by atoms with Crippen LogP contribution >= 0.6 is 0 Å². The van der Waals surface area contributed by atoms with Gasteiger partial charge in [-0.1, -0.05) is 6.42 Å². The summed E-state index contributed by atoms with van der Waals surface area (Å²) in [4.78, 5) is 13.8. The first-order valence-corrected chi connectivity index (χ1v) is 6.00. The predicted molar refractivity (Wildman–Crippen MR) is 56.9 cm³/mol. The average Bonchev–Trinajstić information content (AvgIpc) is 2.23. The van der Waals surface area contributed by atoms with E-state index in [1.807, 2.05) is 4.90 Å². The van der Waals surface area contributed by atoms with Crippen molar-refractivity contribution < 1.29 is 4.79 Å². The number of hydrogen-bond donors (Lipinski definition) is 0. The molecule has 82 valence electrons. The van der Waals surface area contributed by atoms with Gasteiger partial charge in [0.05, 0.1) is 6.07 Å². The summed E-state index contributed by atoms with van der Waals surface area (Å²) in [5.74, 6) is 0.824. The summed E-state index contributed by atoms with van der Waals surface area (Å²) in [5.41, 5.74) is 0. The third kappa shape index (κ3) is 2.31. The van der Waals surface area contributed by atoms with E-state index in [-0.39, 0.29) is 11.9 Å². The zero-order valence-electron chi connectivity index (χ0n) is 9.11. The van der Waals surface area contributed by atoms with Crippen LogP contribution in [-0.2, 0) is 4.79 Å². The molecular formula is C12H18N2O. The molecule has 0 spiro atoms. The van der Waals surface area contributed by atoms with Crippen LogP contribution in [0.3, 0.4) is 0 Å². The van der Waals surface area contributed by atoms with Gasteiger partial charge in [0.2, 0.25) is 5.91 Å². The number of carbonyl (C=O) groups is 1. The van der Waals surface area contributed by atoms with Crippen molar-refractivity contribution >= 4 is 5.91 Å². The second-order valence-corrected chi connectivity index (χ2v) is 4.73. The highest BCUT2D eigenvalue weighted by atomic mass is 16.2. The van der Waals surface area contributed by atoms with E-state index in [2.05, 4.69) is 6.07 Å². The molecule has 1 unspecified atom stereocenters. The molecule has 1 amide bonds. The maximum Gasteiger partial charge on any atom is 0.223 e. The van der Waals surface area contributed by atoms with E-state index in [0.29, 0.717) is 12.3 Å². The number of hydrogen-bond acceptors (Lipinski definition) is 2. The molecule has 0 radical (unpaired) electrons. The molecule has 1 aliphatic heterocycles. The first-order valence-electron chi connectivity index (χ1n) is 6.00. The third-order valence-corrected chi connectivity index (χ3v) is 3.66. The lowest BCUT2D eigenvalue weighted by molar-refractivity contribution is -0.135. The number of carbonyl (C=O) groups excluding carboxylic acids is 1. The van der Waals surface area contributed by atoms with Crippen molar-refractivity contribution in [3.8, 4) is 6.07 Å². The summed E-state index contributed by atoms with van der Waals surface area (Å²) in [7, 11) is 0. The molecule has 1 saturated carbocycles. The van der Waals surface area contributed by atoms with Gasteiger partial charge in [-0.2, -0.15) is 5.26 Å². The Bertz CT molecular complexity index is 278. The van der Waals surface area contributed by atoms with Crippen LogP contribution in [-0.4, -0.2) is 23.4 Å². The average molecular weight is 206 g/mol. The predicted octanol–water partition coefficient (Wildman–Crippen LogP) is 2.08. The summed E-state index contributed by atoms with van der Waals surface area (Å²) in [5, 5.41) is 8.97. The summed E-state index contributed by atoms with van der Waals surface area (Å²) < 4.78 is 0. The molecular weight excluding hydrogens is 188 g/mol. The molecule has 0 aromatic rings. The van der Waals surface area contributed by atoms with Crippen LogP contribution in [0.15, 0.2) is 0 Å². The van der Waals surface area contributed by atoms with Crippen molar-refractivity contribution in [3.05, 3.63) is 0 Å². The molecule has 3 nitrogen and oxygen atoms in total. The van der Waals surface area contributed by atoms with Crippen molar-refractivity contribution in [3.63, 3.8) is 0 Å². The first-order chi connectivity index (χ1) is 7.31. The molecule has 15 heavy (non-hydrogen) atoms. The Morgan fingerprint density at radius 1 is 1.27 bits per heavy atom. The quantitative estimate of drug-likeness (QED) is 0.694. The topological polar surface area (TPSA) is 44.1 Å². The standard InChI is InChI=1S/C12H18N2O/c13-9-11-6-1-2-7-14(11)12(15)8-10-4-3-5-10/h10-11H,1-8H2. The molecule has 1 aliphatic carbocycles. The van der Waals surface area contributed by atoms with E-state index in [0.717, 1.165) is 25.8 Å². The van der Waals surface area contributed by atoms with Gasteiger partial charge in [-0.15, -0.1) is 0 Å². The van der Waals surface area contributed by atoms with Crippen molar-refractivity contribution in [2.24, 2.45) is 5.92 Å². The number of amides is 1. The van der Waals surface area contributed by atoms with Crippen LogP contribution in [0.5, 0.6) is 0 Å². The summed E-state index contributed by atoms with van der Waals surface area (Å²) in [6.45, 7) is 0.795. The van der Waals surface area contributed by atoms with Gasteiger partial charge >= 0.3 is 0 Å². The molecule has 0 bridgehead atoms. The van der Waals surface area contributed by atoms with Crippen molar-refractivity contribution in [2.75, 3.05) is 6.54 Å². The molecule has 2 rings (SSSR count). The minimum Gasteiger partial charge on any atom is -0.327 e. The largest absolute Gasteiger partial charge is 0.327 e. The van der Waals surface area contributed by atoms with Crippen LogP contribution in [0.25, 0.3) is 0 Å². The molecule has 3 heteroatoms. The molecule has 1 heterocycles. The lowest BCUT2D eigenvalue weighted by atomic mass is 9.82. The fourth-order valence-electron chi connectivity index (χ4n) is 2.43. The van der Waals surface area contributed by atoms with Gasteiger partial charge in [0, 0.05) is 13.0 Å². The molecule has 0 aromatic heterocycles. The number of nitrogens with zero attached hydrogens (tertiary/aromatic N) is 2. The van der Waals surface area contributed by atoms with Crippen molar-refractivity contribution in [1.82, 2.24) is 4.90 Å². The Morgan fingerprint density at radius 3 is 2.67 bits per heavy atom. The fraction of sp³-hybridized carbons (Fsp3) is 0.833. The van der Waals surface area contributed by atoms with Gasteiger partial charge in [-0.25, -0.2) is 0 Å². The minimum atomic E-state index is -0.147. The highest BCUT2D eigenvalue weighted by molar-refractivity contribution is 5.77. The van der Waals surface area contributed by atoms with Crippen LogP contribution < -0.4 is 0 Å². The highest BCUT2D eigenvalue weighted by Crippen LogP contribution is 2.30.